The van der Waals surface area contributed by atoms with Crippen LogP contribution in [0.3, 0.4) is 0 Å². The van der Waals surface area contributed by atoms with Gasteiger partial charge in [-0.05, 0) is 44.5 Å². The lowest BCUT2D eigenvalue weighted by molar-refractivity contribution is -0.151. The van der Waals surface area contributed by atoms with Crippen LogP contribution in [0.25, 0.3) is 0 Å². The third-order valence-electron chi connectivity index (χ3n) is 2.49. The van der Waals surface area contributed by atoms with Crippen molar-refractivity contribution in [1.82, 2.24) is 0 Å². The highest BCUT2D eigenvalue weighted by Crippen LogP contribution is 2.25. The molecular formula is C12H16O6S. The summed E-state index contributed by atoms with van der Waals surface area (Å²) in [5.41, 5.74) is -1.22. The molecule has 0 atom stereocenters. The molecule has 0 saturated heterocycles. The number of ether oxygens (including phenoxy) is 1. The number of methoxy groups -OCH3 is 1. The van der Waals surface area contributed by atoms with Gasteiger partial charge >= 0.3 is 5.97 Å². The molecule has 0 spiro atoms. The molecule has 0 aliphatic rings. The summed E-state index contributed by atoms with van der Waals surface area (Å²) in [4.78, 5) is 10.8. The van der Waals surface area contributed by atoms with E-state index in [4.69, 9.17) is 14.0 Å². The molecule has 106 valence electrons. The summed E-state index contributed by atoms with van der Waals surface area (Å²) in [5.74, 6) is -0.822. The Hall–Kier alpha value is -1.60. The average Bonchev–Trinajstić information content (AvgIpc) is 2.27. The number of carboxylic acid groups (broad SMARTS) is 1. The molecule has 7 heteroatoms. The molecule has 0 radical (unpaired) electrons. The van der Waals surface area contributed by atoms with Gasteiger partial charge in [0.2, 0.25) is 0 Å². The number of hydrogen-bond acceptors (Lipinski definition) is 5. The van der Waals surface area contributed by atoms with Crippen LogP contribution < -0.4 is 4.74 Å². The van der Waals surface area contributed by atoms with E-state index < -0.39 is 21.7 Å². The van der Waals surface area contributed by atoms with E-state index in [9.17, 15) is 13.2 Å². The van der Waals surface area contributed by atoms with E-state index in [2.05, 4.69) is 0 Å². The average molecular weight is 288 g/mol. The Balaban J connectivity index is 3.15. The molecule has 0 fully saturated rings. The highest BCUT2D eigenvalue weighted by atomic mass is 32.2. The molecule has 0 unspecified atom stereocenters. The van der Waals surface area contributed by atoms with E-state index in [1.54, 1.807) is 6.92 Å². The van der Waals surface area contributed by atoms with Gasteiger partial charge in [0.1, 0.15) is 5.75 Å². The van der Waals surface area contributed by atoms with E-state index >= 15 is 0 Å². The molecule has 6 nitrogen and oxygen atoms in total. The first-order chi connectivity index (χ1) is 8.60. The van der Waals surface area contributed by atoms with Crippen LogP contribution in [0.4, 0.5) is 0 Å². The normalized spacial score (nSPS) is 12.2. The van der Waals surface area contributed by atoms with E-state index in [1.165, 1.54) is 39.2 Å². The SMILES string of the molecule is COc1ccc(S(=O)(=O)OC(C)(C)C(=O)O)cc1C. The molecule has 0 aromatic heterocycles. The Morgan fingerprint density at radius 2 is 1.89 bits per heavy atom. The van der Waals surface area contributed by atoms with Crippen LogP contribution in [0.15, 0.2) is 23.1 Å². The number of rotatable bonds is 5. The van der Waals surface area contributed by atoms with Crippen LogP contribution >= 0.6 is 0 Å². The summed E-state index contributed by atoms with van der Waals surface area (Å²) in [6, 6.07) is 4.16. The number of hydrogen-bond donors (Lipinski definition) is 1. The van der Waals surface area contributed by atoms with E-state index in [0.29, 0.717) is 11.3 Å². The Kier molecular flexibility index (Phi) is 4.21. The topological polar surface area (TPSA) is 89.9 Å². The Bertz CT molecular complexity index is 588. The standard InChI is InChI=1S/C12H16O6S/c1-8-7-9(5-6-10(8)17-4)19(15,16)18-12(2,3)11(13)14/h5-7H,1-4H3,(H,13,14). The Morgan fingerprint density at radius 3 is 2.32 bits per heavy atom. The number of aliphatic carboxylic acids is 1. The maximum atomic E-state index is 12.0. The first kappa shape index (κ1) is 15.5. The highest BCUT2D eigenvalue weighted by Gasteiger charge is 2.35. The lowest BCUT2D eigenvalue weighted by Gasteiger charge is -2.19. The quantitative estimate of drug-likeness (QED) is 0.827. The molecular weight excluding hydrogens is 272 g/mol. The van der Waals surface area contributed by atoms with Crippen molar-refractivity contribution >= 4 is 16.1 Å². The highest BCUT2D eigenvalue weighted by molar-refractivity contribution is 7.86. The zero-order valence-corrected chi connectivity index (χ0v) is 11.9. The van der Waals surface area contributed by atoms with Crippen LogP contribution in [0.2, 0.25) is 0 Å². The summed E-state index contributed by atoms with van der Waals surface area (Å²) >= 11 is 0. The van der Waals surface area contributed by atoms with Crippen molar-refractivity contribution in [1.29, 1.82) is 0 Å². The van der Waals surface area contributed by atoms with Crippen molar-refractivity contribution in [2.75, 3.05) is 7.11 Å². The van der Waals surface area contributed by atoms with Gasteiger partial charge in [0, 0.05) is 0 Å². The second kappa shape index (κ2) is 5.18. The van der Waals surface area contributed by atoms with Crippen LogP contribution in [-0.2, 0) is 19.1 Å². The number of carboxylic acids is 1. The largest absolute Gasteiger partial charge is 0.496 e. The molecule has 0 saturated carbocycles. The van der Waals surface area contributed by atoms with Gasteiger partial charge in [0.15, 0.2) is 5.60 Å². The maximum Gasteiger partial charge on any atom is 0.336 e. The van der Waals surface area contributed by atoms with E-state index in [-0.39, 0.29) is 4.90 Å². The van der Waals surface area contributed by atoms with Crippen LogP contribution in [0, 0.1) is 6.92 Å². The molecule has 19 heavy (non-hydrogen) atoms. The molecule has 0 aliphatic heterocycles. The molecule has 1 N–H and O–H groups in total. The first-order valence-corrected chi connectivity index (χ1v) is 6.84. The summed E-state index contributed by atoms with van der Waals surface area (Å²) in [6.45, 7) is 4.02. The lowest BCUT2D eigenvalue weighted by Crippen LogP contribution is -2.37. The fourth-order valence-corrected chi connectivity index (χ4v) is 2.64. The summed E-state index contributed by atoms with van der Waals surface area (Å²) in [7, 11) is -2.67. The van der Waals surface area contributed by atoms with Gasteiger partial charge in [-0.15, -0.1) is 0 Å². The van der Waals surface area contributed by atoms with Crippen molar-refractivity contribution in [3.63, 3.8) is 0 Å². The minimum absolute atomic E-state index is 0.111. The van der Waals surface area contributed by atoms with Gasteiger partial charge in [-0.25, -0.2) is 8.98 Å². The third-order valence-corrected chi connectivity index (χ3v) is 3.96. The second-order valence-corrected chi connectivity index (χ2v) is 6.03. The van der Waals surface area contributed by atoms with Gasteiger partial charge in [-0.1, -0.05) is 0 Å². The molecule has 1 aromatic carbocycles. The number of aryl methyl sites for hydroxylation is 1. The van der Waals surface area contributed by atoms with Crippen molar-refractivity contribution < 1.29 is 27.2 Å². The summed E-state index contributed by atoms with van der Waals surface area (Å²) < 4.78 is 33.7. The third kappa shape index (κ3) is 3.45. The van der Waals surface area contributed by atoms with Crippen molar-refractivity contribution in [2.24, 2.45) is 0 Å². The monoisotopic (exact) mass is 288 g/mol. The predicted octanol–water partition coefficient (Wildman–Crippen LogP) is 1.57. The number of carbonyl (C=O) groups is 1. The van der Waals surface area contributed by atoms with Gasteiger partial charge in [-0.3, -0.25) is 0 Å². The van der Waals surface area contributed by atoms with E-state index in [0.717, 1.165) is 0 Å². The van der Waals surface area contributed by atoms with E-state index in [1.807, 2.05) is 0 Å². The smallest absolute Gasteiger partial charge is 0.336 e. The Morgan fingerprint density at radius 1 is 1.32 bits per heavy atom. The van der Waals surface area contributed by atoms with Crippen molar-refractivity contribution in [2.45, 2.75) is 31.3 Å². The van der Waals surface area contributed by atoms with Gasteiger partial charge in [0.25, 0.3) is 10.1 Å². The molecule has 0 aliphatic carbocycles. The molecule has 0 heterocycles. The second-order valence-electron chi connectivity index (χ2n) is 4.48. The zero-order valence-electron chi connectivity index (χ0n) is 11.1. The van der Waals surface area contributed by atoms with Crippen molar-refractivity contribution in [3.05, 3.63) is 23.8 Å². The maximum absolute atomic E-state index is 12.0. The van der Waals surface area contributed by atoms with Crippen molar-refractivity contribution in [3.8, 4) is 5.75 Å². The van der Waals surface area contributed by atoms with Gasteiger partial charge in [0.05, 0.1) is 12.0 Å². The number of benzene rings is 1. The first-order valence-electron chi connectivity index (χ1n) is 5.44. The fourth-order valence-electron chi connectivity index (χ4n) is 1.36. The van der Waals surface area contributed by atoms with Crippen LogP contribution in [0.1, 0.15) is 19.4 Å². The molecule has 1 rings (SSSR count). The predicted molar refractivity (Wildman–Crippen MR) is 67.7 cm³/mol. The zero-order chi connectivity index (χ0) is 14.8. The molecule has 1 aromatic rings. The summed E-state index contributed by atoms with van der Waals surface area (Å²) in [5, 5.41) is 8.88. The molecule has 0 bridgehead atoms. The van der Waals surface area contributed by atoms with Gasteiger partial charge < -0.3 is 9.84 Å². The van der Waals surface area contributed by atoms with Crippen LogP contribution in [0.5, 0.6) is 5.75 Å². The minimum Gasteiger partial charge on any atom is -0.496 e. The minimum atomic E-state index is -4.15. The lowest BCUT2D eigenvalue weighted by atomic mass is 10.1. The molecule has 0 amide bonds. The summed E-state index contributed by atoms with van der Waals surface area (Å²) in [6.07, 6.45) is 0. The Labute approximate surface area is 112 Å². The van der Waals surface area contributed by atoms with Gasteiger partial charge in [-0.2, -0.15) is 8.42 Å². The van der Waals surface area contributed by atoms with Crippen LogP contribution in [-0.4, -0.2) is 32.2 Å². The fraction of sp³-hybridized carbons (Fsp3) is 0.417.